The molecule has 0 spiro atoms. The summed E-state index contributed by atoms with van der Waals surface area (Å²) < 4.78 is 13.8. The molecule has 0 unspecified atom stereocenters. The van der Waals surface area contributed by atoms with Crippen molar-refractivity contribution in [1.29, 1.82) is 0 Å². The lowest BCUT2D eigenvalue weighted by Gasteiger charge is -2.09. The lowest BCUT2D eigenvalue weighted by atomic mass is 10.2. The summed E-state index contributed by atoms with van der Waals surface area (Å²) >= 11 is 4.85. The van der Waals surface area contributed by atoms with Crippen LogP contribution in [0.5, 0.6) is 0 Å². The normalized spacial score (nSPS) is 10.7. The summed E-state index contributed by atoms with van der Waals surface area (Å²) in [5, 5.41) is 3.16. The molecule has 2 nitrogen and oxygen atoms in total. The summed E-state index contributed by atoms with van der Waals surface area (Å²) in [5.74, 6) is -0.315. The molecule has 5 heteroatoms. The fraction of sp³-hybridized carbons (Fsp3) is 0.231. The first-order valence-electron chi connectivity index (χ1n) is 5.51. The maximum Gasteiger partial charge on any atom is 0.139 e. The molecular formula is C13H14BrFN2S. The molecule has 1 aromatic heterocycles. The van der Waals surface area contributed by atoms with Gasteiger partial charge in [0.25, 0.3) is 0 Å². The molecule has 3 N–H and O–H groups in total. The molecule has 2 rings (SSSR count). The van der Waals surface area contributed by atoms with Gasteiger partial charge in [0.2, 0.25) is 0 Å². The summed E-state index contributed by atoms with van der Waals surface area (Å²) in [6, 6.07) is 5.12. The zero-order valence-corrected chi connectivity index (χ0v) is 12.6. The third-order valence-electron chi connectivity index (χ3n) is 2.76. The van der Waals surface area contributed by atoms with Crippen LogP contribution in [0.25, 0.3) is 0 Å². The number of aryl methyl sites for hydroxylation is 2. The highest BCUT2D eigenvalue weighted by Crippen LogP contribution is 2.28. The van der Waals surface area contributed by atoms with Crippen LogP contribution in [0.15, 0.2) is 22.7 Å². The van der Waals surface area contributed by atoms with Crippen molar-refractivity contribution >= 4 is 38.6 Å². The fourth-order valence-electron chi connectivity index (χ4n) is 1.63. The summed E-state index contributed by atoms with van der Waals surface area (Å²) in [7, 11) is 0. The highest BCUT2D eigenvalue weighted by molar-refractivity contribution is 9.10. The van der Waals surface area contributed by atoms with E-state index < -0.39 is 0 Å². The molecule has 0 aliphatic rings. The van der Waals surface area contributed by atoms with Crippen LogP contribution in [-0.2, 0) is 6.54 Å². The Balaban J connectivity index is 2.13. The minimum atomic E-state index is -0.315. The van der Waals surface area contributed by atoms with E-state index in [1.54, 1.807) is 17.4 Å². The Bertz CT molecular complexity index is 561. The van der Waals surface area contributed by atoms with Crippen LogP contribution in [-0.4, -0.2) is 0 Å². The van der Waals surface area contributed by atoms with Crippen molar-refractivity contribution in [2.24, 2.45) is 0 Å². The van der Waals surface area contributed by atoms with Gasteiger partial charge >= 0.3 is 0 Å². The topological polar surface area (TPSA) is 38.0 Å². The quantitative estimate of drug-likeness (QED) is 0.816. The molecule has 1 heterocycles. The van der Waals surface area contributed by atoms with Gasteiger partial charge < -0.3 is 11.1 Å². The predicted octanol–water partition coefficient (Wildman–Crippen LogP) is 4.46. The van der Waals surface area contributed by atoms with Gasteiger partial charge in [-0.2, -0.15) is 0 Å². The van der Waals surface area contributed by atoms with Crippen LogP contribution in [0.2, 0.25) is 0 Å². The highest BCUT2D eigenvalue weighted by atomic mass is 79.9. The van der Waals surface area contributed by atoms with Gasteiger partial charge in [-0.1, -0.05) is 0 Å². The molecule has 0 saturated heterocycles. The van der Waals surface area contributed by atoms with E-state index in [1.165, 1.54) is 21.4 Å². The average Bonchev–Trinajstić information content (AvgIpc) is 2.62. The van der Waals surface area contributed by atoms with Crippen molar-refractivity contribution < 1.29 is 4.39 Å². The highest BCUT2D eigenvalue weighted by Gasteiger charge is 2.07. The summed E-state index contributed by atoms with van der Waals surface area (Å²) in [4.78, 5) is 2.52. The zero-order valence-electron chi connectivity index (χ0n) is 10.2. The molecule has 2 aromatic rings. The lowest BCUT2D eigenvalue weighted by Crippen LogP contribution is -2.02. The Labute approximate surface area is 118 Å². The maximum absolute atomic E-state index is 13.4. The fourth-order valence-corrected chi connectivity index (χ4v) is 2.99. The van der Waals surface area contributed by atoms with Gasteiger partial charge in [-0.15, -0.1) is 11.3 Å². The number of thiophene rings is 1. The Kier molecular flexibility index (Phi) is 3.92. The number of rotatable bonds is 3. The Hall–Kier alpha value is -1.07. The molecule has 0 fully saturated rings. The number of nitrogens with two attached hydrogens (primary N) is 1. The summed E-state index contributed by atoms with van der Waals surface area (Å²) in [6.45, 7) is 4.84. The van der Waals surface area contributed by atoms with E-state index in [1.807, 2.05) is 0 Å². The van der Waals surface area contributed by atoms with Crippen LogP contribution in [0.4, 0.5) is 15.8 Å². The van der Waals surface area contributed by atoms with Crippen molar-refractivity contribution in [2.75, 3.05) is 11.1 Å². The second-order valence-corrected chi connectivity index (χ2v) is 6.35. The molecule has 0 aliphatic heterocycles. The molecule has 1 aromatic carbocycles. The molecular weight excluding hydrogens is 315 g/mol. The molecule has 18 heavy (non-hydrogen) atoms. The number of anilines is 2. The van der Waals surface area contributed by atoms with Crippen molar-refractivity contribution in [2.45, 2.75) is 20.4 Å². The van der Waals surface area contributed by atoms with Gasteiger partial charge in [-0.05, 0) is 47.5 Å². The van der Waals surface area contributed by atoms with E-state index >= 15 is 0 Å². The minimum Gasteiger partial charge on any atom is -0.397 e. The number of halogens is 2. The standard InChI is InChI=1S/C13H14BrFN2S/c1-7-3-9(18-8(7)2)6-17-13-5-11(15)10(14)4-12(13)16/h3-5,17H,6,16H2,1-2H3. The van der Waals surface area contributed by atoms with Crippen LogP contribution < -0.4 is 11.1 Å². The Morgan fingerprint density at radius 2 is 2.06 bits per heavy atom. The van der Waals surface area contributed by atoms with Crippen LogP contribution >= 0.6 is 27.3 Å². The minimum absolute atomic E-state index is 0.315. The van der Waals surface area contributed by atoms with Gasteiger partial charge in [-0.25, -0.2) is 4.39 Å². The van der Waals surface area contributed by atoms with E-state index in [2.05, 4.69) is 41.2 Å². The van der Waals surface area contributed by atoms with Crippen LogP contribution in [0.3, 0.4) is 0 Å². The molecule has 0 radical (unpaired) electrons. The first-order chi connectivity index (χ1) is 8.47. The largest absolute Gasteiger partial charge is 0.397 e. The van der Waals surface area contributed by atoms with Crippen molar-refractivity contribution in [3.8, 4) is 0 Å². The number of hydrogen-bond donors (Lipinski definition) is 2. The number of nitrogens with one attached hydrogen (secondary N) is 1. The van der Waals surface area contributed by atoms with Crippen LogP contribution in [0, 0.1) is 19.7 Å². The second kappa shape index (κ2) is 5.28. The molecule has 96 valence electrons. The van der Waals surface area contributed by atoms with Gasteiger partial charge in [0.05, 0.1) is 15.8 Å². The number of nitrogen functional groups attached to an aromatic ring is 1. The van der Waals surface area contributed by atoms with E-state index in [-0.39, 0.29) is 5.82 Å². The third kappa shape index (κ3) is 2.84. The molecule has 0 amide bonds. The van der Waals surface area contributed by atoms with Crippen molar-refractivity contribution in [3.63, 3.8) is 0 Å². The molecule has 0 atom stereocenters. The molecule has 0 bridgehead atoms. The summed E-state index contributed by atoms with van der Waals surface area (Å²) in [5.41, 5.74) is 8.28. The Morgan fingerprint density at radius 1 is 1.33 bits per heavy atom. The maximum atomic E-state index is 13.4. The van der Waals surface area contributed by atoms with E-state index in [0.29, 0.717) is 22.4 Å². The van der Waals surface area contributed by atoms with E-state index in [0.717, 1.165) is 0 Å². The van der Waals surface area contributed by atoms with E-state index in [9.17, 15) is 4.39 Å². The van der Waals surface area contributed by atoms with E-state index in [4.69, 9.17) is 5.73 Å². The number of hydrogen-bond acceptors (Lipinski definition) is 3. The van der Waals surface area contributed by atoms with Gasteiger partial charge in [0.15, 0.2) is 0 Å². The number of benzene rings is 1. The molecule has 0 aliphatic carbocycles. The van der Waals surface area contributed by atoms with Gasteiger partial charge in [-0.3, -0.25) is 0 Å². The third-order valence-corrected chi connectivity index (χ3v) is 4.52. The van der Waals surface area contributed by atoms with Crippen molar-refractivity contribution in [3.05, 3.63) is 43.8 Å². The lowest BCUT2D eigenvalue weighted by molar-refractivity contribution is 0.622. The second-order valence-electron chi connectivity index (χ2n) is 4.16. The smallest absolute Gasteiger partial charge is 0.139 e. The predicted molar refractivity (Wildman–Crippen MR) is 79.6 cm³/mol. The summed E-state index contributed by atoms with van der Waals surface area (Å²) in [6.07, 6.45) is 0. The Morgan fingerprint density at radius 3 is 2.67 bits per heavy atom. The van der Waals surface area contributed by atoms with Crippen LogP contribution in [0.1, 0.15) is 15.3 Å². The van der Waals surface area contributed by atoms with Crippen molar-refractivity contribution in [1.82, 2.24) is 0 Å². The molecule has 0 saturated carbocycles. The van der Waals surface area contributed by atoms with Gasteiger partial charge in [0, 0.05) is 22.4 Å². The monoisotopic (exact) mass is 328 g/mol. The zero-order chi connectivity index (χ0) is 13.3. The first-order valence-corrected chi connectivity index (χ1v) is 7.12. The van der Waals surface area contributed by atoms with Gasteiger partial charge in [0.1, 0.15) is 5.82 Å². The first kappa shape index (κ1) is 13.4. The average molecular weight is 329 g/mol. The SMILES string of the molecule is Cc1cc(CNc2cc(F)c(Br)cc2N)sc1C.